The summed E-state index contributed by atoms with van der Waals surface area (Å²) in [6.07, 6.45) is 0. The predicted octanol–water partition coefficient (Wildman–Crippen LogP) is 3.79. The van der Waals surface area contributed by atoms with E-state index >= 15 is 0 Å². The van der Waals surface area contributed by atoms with Gasteiger partial charge in [-0.25, -0.2) is 0 Å². The molecule has 0 aliphatic heterocycles. The van der Waals surface area contributed by atoms with Crippen LogP contribution in [0.5, 0.6) is 11.5 Å². The smallest absolute Gasteiger partial charge is 0.387 e. The molecule has 4 nitrogen and oxygen atoms in total. The zero-order chi connectivity index (χ0) is 16.8. The van der Waals surface area contributed by atoms with Gasteiger partial charge in [-0.05, 0) is 31.2 Å². The number of halogens is 2. The molecule has 0 heterocycles. The molecule has 0 bridgehead atoms. The molecule has 0 saturated heterocycles. The van der Waals surface area contributed by atoms with Crippen LogP contribution >= 0.6 is 0 Å². The lowest BCUT2D eigenvalue weighted by molar-refractivity contribution is -0.0498. The first-order valence-corrected chi connectivity index (χ1v) is 7.00. The number of methoxy groups -OCH3 is 1. The van der Waals surface area contributed by atoms with Crippen LogP contribution in [0.4, 0.5) is 8.78 Å². The topological polar surface area (TPSA) is 47.6 Å². The van der Waals surface area contributed by atoms with Gasteiger partial charge in [0.25, 0.3) is 5.91 Å². The zero-order valence-corrected chi connectivity index (χ0v) is 12.8. The highest BCUT2D eigenvalue weighted by Crippen LogP contribution is 2.25. The second kappa shape index (κ2) is 7.58. The molecule has 1 N–H and O–H groups in total. The molecule has 0 aromatic heterocycles. The van der Waals surface area contributed by atoms with Gasteiger partial charge in [-0.1, -0.05) is 24.3 Å². The molecule has 0 aliphatic rings. The van der Waals surface area contributed by atoms with Gasteiger partial charge in [0.1, 0.15) is 11.5 Å². The third-order valence-corrected chi connectivity index (χ3v) is 3.27. The van der Waals surface area contributed by atoms with Crippen molar-refractivity contribution in [2.75, 3.05) is 7.11 Å². The van der Waals surface area contributed by atoms with Crippen LogP contribution < -0.4 is 14.8 Å². The lowest BCUT2D eigenvalue weighted by Crippen LogP contribution is -2.27. The maximum atomic E-state index is 12.3. The number of hydrogen-bond donors (Lipinski definition) is 1. The van der Waals surface area contributed by atoms with Crippen molar-refractivity contribution in [3.8, 4) is 11.5 Å². The average molecular weight is 321 g/mol. The molecule has 2 rings (SSSR count). The van der Waals surface area contributed by atoms with E-state index in [1.807, 2.05) is 25.1 Å². The molecule has 122 valence electrons. The summed E-state index contributed by atoms with van der Waals surface area (Å²) < 4.78 is 34.0. The van der Waals surface area contributed by atoms with Crippen molar-refractivity contribution in [2.24, 2.45) is 0 Å². The van der Waals surface area contributed by atoms with Gasteiger partial charge >= 0.3 is 6.61 Å². The summed E-state index contributed by atoms with van der Waals surface area (Å²) in [6.45, 7) is -1.12. The number of amides is 1. The van der Waals surface area contributed by atoms with E-state index in [1.54, 1.807) is 13.2 Å². The minimum Gasteiger partial charge on any atom is -0.496 e. The Balaban J connectivity index is 2.12. The Kier molecular flexibility index (Phi) is 5.51. The molecule has 2 aromatic carbocycles. The number of carbonyl (C=O) groups excluding carboxylic acids is 1. The minimum atomic E-state index is -2.93. The van der Waals surface area contributed by atoms with Crippen LogP contribution in [0.2, 0.25) is 0 Å². The molecule has 0 fully saturated rings. The fourth-order valence-electron chi connectivity index (χ4n) is 2.20. The van der Waals surface area contributed by atoms with E-state index in [4.69, 9.17) is 4.74 Å². The van der Waals surface area contributed by atoms with Crippen molar-refractivity contribution in [2.45, 2.75) is 19.6 Å². The van der Waals surface area contributed by atoms with Gasteiger partial charge in [-0.2, -0.15) is 8.78 Å². The second-order valence-corrected chi connectivity index (χ2v) is 4.84. The van der Waals surface area contributed by atoms with Crippen molar-refractivity contribution in [3.05, 3.63) is 59.7 Å². The van der Waals surface area contributed by atoms with E-state index in [0.29, 0.717) is 5.75 Å². The summed E-state index contributed by atoms with van der Waals surface area (Å²) in [5.74, 6) is 0.218. The van der Waals surface area contributed by atoms with Gasteiger partial charge in [0.2, 0.25) is 0 Å². The van der Waals surface area contributed by atoms with Crippen LogP contribution in [0.25, 0.3) is 0 Å². The summed E-state index contributed by atoms with van der Waals surface area (Å²) in [4.78, 5) is 12.3. The minimum absolute atomic E-state index is 0.0578. The monoisotopic (exact) mass is 321 g/mol. The molecule has 1 amide bonds. The van der Waals surface area contributed by atoms with Gasteiger partial charge in [0.05, 0.1) is 13.2 Å². The Morgan fingerprint density at radius 3 is 2.57 bits per heavy atom. The lowest BCUT2D eigenvalue weighted by Gasteiger charge is -2.17. The largest absolute Gasteiger partial charge is 0.496 e. The maximum Gasteiger partial charge on any atom is 0.387 e. The van der Waals surface area contributed by atoms with Crippen molar-refractivity contribution in [1.29, 1.82) is 0 Å². The van der Waals surface area contributed by atoms with Crippen LogP contribution in [0.15, 0.2) is 48.5 Å². The number of ether oxygens (including phenoxy) is 2. The Labute approximate surface area is 133 Å². The Morgan fingerprint density at radius 1 is 1.13 bits per heavy atom. The van der Waals surface area contributed by atoms with Crippen LogP contribution in [0, 0.1) is 0 Å². The van der Waals surface area contributed by atoms with Gasteiger partial charge < -0.3 is 14.8 Å². The number of para-hydroxylation sites is 1. The third kappa shape index (κ3) is 4.42. The predicted molar refractivity (Wildman–Crippen MR) is 81.9 cm³/mol. The van der Waals surface area contributed by atoms with Crippen molar-refractivity contribution >= 4 is 5.91 Å². The van der Waals surface area contributed by atoms with Gasteiger partial charge in [-0.3, -0.25) is 4.79 Å². The Bertz CT molecular complexity index is 676. The van der Waals surface area contributed by atoms with Gasteiger partial charge in [0, 0.05) is 11.1 Å². The van der Waals surface area contributed by atoms with Crippen molar-refractivity contribution in [3.63, 3.8) is 0 Å². The van der Waals surface area contributed by atoms with Crippen LogP contribution in [-0.2, 0) is 0 Å². The van der Waals surface area contributed by atoms with E-state index in [1.165, 1.54) is 24.3 Å². The van der Waals surface area contributed by atoms with Crippen LogP contribution in [-0.4, -0.2) is 19.6 Å². The fourth-order valence-corrected chi connectivity index (χ4v) is 2.20. The third-order valence-electron chi connectivity index (χ3n) is 3.27. The van der Waals surface area contributed by atoms with E-state index < -0.39 is 6.61 Å². The number of nitrogens with one attached hydrogen (secondary N) is 1. The zero-order valence-electron chi connectivity index (χ0n) is 12.8. The molecule has 0 saturated carbocycles. The standard InChI is InChI=1S/C17H17F2NO3/c1-11(14-8-3-4-9-15(14)22-2)20-16(21)12-6-5-7-13(10-12)23-17(18)19/h3-11,17H,1-2H3,(H,20,21). The summed E-state index contributed by atoms with van der Waals surface area (Å²) in [7, 11) is 1.55. The van der Waals surface area contributed by atoms with Crippen molar-refractivity contribution < 1.29 is 23.0 Å². The van der Waals surface area contributed by atoms with Gasteiger partial charge in [-0.15, -0.1) is 0 Å². The number of benzene rings is 2. The molecule has 0 aliphatic carbocycles. The highest BCUT2D eigenvalue weighted by Gasteiger charge is 2.15. The molecule has 1 unspecified atom stereocenters. The lowest BCUT2D eigenvalue weighted by atomic mass is 10.1. The van der Waals surface area contributed by atoms with E-state index in [2.05, 4.69) is 10.1 Å². The first kappa shape index (κ1) is 16.7. The Morgan fingerprint density at radius 2 is 1.87 bits per heavy atom. The van der Waals surface area contributed by atoms with E-state index in [9.17, 15) is 13.6 Å². The van der Waals surface area contributed by atoms with Gasteiger partial charge in [0.15, 0.2) is 0 Å². The molecule has 1 atom stereocenters. The first-order chi connectivity index (χ1) is 11.0. The molecule has 23 heavy (non-hydrogen) atoms. The van der Waals surface area contributed by atoms with Crippen molar-refractivity contribution in [1.82, 2.24) is 5.32 Å². The first-order valence-electron chi connectivity index (χ1n) is 7.00. The van der Waals surface area contributed by atoms with E-state index in [0.717, 1.165) is 5.56 Å². The summed E-state index contributed by atoms with van der Waals surface area (Å²) in [5, 5.41) is 2.81. The summed E-state index contributed by atoms with van der Waals surface area (Å²) in [6, 6.07) is 12.7. The highest BCUT2D eigenvalue weighted by molar-refractivity contribution is 5.94. The molecular formula is C17H17F2NO3. The number of alkyl halides is 2. The quantitative estimate of drug-likeness (QED) is 0.880. The average Bonchev–Trinajstić information content (AvgIpc) is 2.54. The number of rotatable bonds is 6. The second-order valence-electron chi connectivity index (χ2n) is 4.84. The normalized spacial score (nSPS) is 11.9. The number of hydrogen-bond acceptors (Lipinski definition) is 3. The maximum absolute atomic E-state index is 12.3. The van der Waals surface area contributed by atoms with Crippen LogP contribution in [0.1, 0.15) is 28.9 Å². The van der Waals surface area contributed by atoms with E-state index in [-0.39, 0.29) is 23.3 Å². The molecule has 6 heteroatoms. The SMILES string of the molecule is COc1ccccc1C(C)NC(=O)c1cccc(OC(F)F)c1. The highest BCUT2D eigenvalue weighted by atomic mass is 19.3. The summed E-state index contributed by atoms with van der Waals surface area (Å²) in [5.41, 5.74) is 1.06. The Hall–Kier alpha value is -2.63. The molecule has 0 spiro atoms. The molecule has 0 radical (unpaired) electrons. The summed E-state index contributed by atoms with van der Waals surface area (Å²) >= 11 is 0. The molecule has 2 aromatic rings. The van der Waals surface area contributed by atoms with Crippen LogP contribution in [0.3, 0.4) is 0 Å². The number of carbonyl (C=O) groups is 1. The fraction of sp³-hybridized carbons (Fsp3) is 0.235. The molecular weight excluding hydrogens is 304 g/mol.